The summed E-state index contributed by atoms with van der Waals surface area (Å²) in [7, 11) is 0. The number of piperidine rings is 1. The number of ether oxygens (including phenoxy) is 1. The topological polar surface area (TPSA) is 50.4 Å². The van der Waals surface area contributed by atoms with Gasteiger partial charge in [0.05, 0.1) is 18.1 Å². The second-order valence-electron chi connectivity index (χ2n) is 5.54. The Kier molecular flexibility index (Phi) is 4.90. The minimum atomic E-state index is -4.28. The SMILES string of the molecule is O=C(CCC(F)(F)F)NC1CCCOC12CCNCC2. The van der Waals surface area contributed by atoms with Gasteiger partial charge in [-0.1, -0.05) is 0 Å². The molecule has 1 spiro atoms. The molecule has 0 aromatic carbocycles. The summed E-state index contributed by atoms with van der Waals surface area (Å²) in [5, 5.41) is 5.99. The van der Waals surface area contributed by atoms with E-state index in [1.165, 1.54) is 0 Å². The first kappa shape index (κ1) is 15.6. The van der Waals surface area contributed by atoms with Crippen molar-refractivity contribution >= 4 is 5.91 Å². The number of carbonyl (C=O) groups excluding carboxylic acids is 1. The van der Waals surface area contributed by atoms with Crippen LogP contribution in [0.15, 0.2) is 0 Å². The number of hydrogen-bond acceptors (Lipinski definition) is 3. The lowest BCUT2D eigenvalue weighted by Crippen LogP contribution is -2.60. The van der Waals surface area contributed by atoms with Gasteiger partial charge in [0, 0.05) is 13.0 Å². The zero-order valence-corrected chi connectivity index (χ0v) is 11.4. The van der Waals surface area contributed by atoms with Crippen molar-refractivity contribution in [1.29, 1.82) is 0 Å². The summed E-state index contributed by atoms with van der Waals surface area (Å²) in [4.78, 5) is 11.7. The lowest BCUT2D eigenvalue weighted by atomic mass is 9.80. The number of carbonyl (C=O) groups is 1. The number of rotatable bonds is 3. The smallest absolute Gasteiger partial charge is 0.373 e. The highest BCUT2D eigenvalue weighted by Crippen LogP contribution is 2.33. The van der Waals surface area contributed by atoms with Crippen LogP contribution in [0.3, 0.4) is 0 Å². The van der Waals surface area contributed by atoms with Gasteiger partial charge in [0.1, 0.15) is 0 Å². The van der Waals surface area contributed by atoms with Gasteiger partial charge in [-0.15, -0.1) is 0 Å². The Morgan fingerprint density at radius 2 is 2.05 bits per heavy atom. The second-order valence-corrected chi connectivity index (χ2v) is 5.54. The third-order valence-corrected chi connectivity index (χ3v) is 4.08. The monoisotopic (exact) mass is 294 g/mol. The third kappa shape index (κ3) is 4.09. The van der Waals surface area contributed by atoms with Crippen molar-refractivity contribution in [2.24, 2.45) is 0 Å². The van der Waals surface area contributed by atoms with Crippen LogP contribution in [0.1, 0.15) is 38.5 Å². The first-order valence-electron chi connectivity index (χ1n) is 7.12. The standard InChI is InChI=1S/C13H21F3N2O2/c14-13(15,16)4-3-11(19)18-10-2-1-9-20-12(10)5-7-17-8-6-12/h10,17H,1-9H2,(H,18,19). The summed E-state index contributed by atoms with van der Waals surface area (Å²) in [5.41, 5.74) is -0.391. The number of amides is 1. The molecule has 116 valence electrons. The van der Waals surface area contributed by atoms with E-state index in [0.717, 1.165) is 38.8 Å². The fourth-order valence-corrected chi connectivity index (χ4v) is 2.99. The summed E-state index contributed by atoms with van der Waals surface area (Å²) in [6, 6.07) is -0.168. The van der Waals surface area contributed by atoms with Gasteiger partial charge in [-0.2, -0.15) is 13.2 Å². The third-order valence-electron chi connectivity index (χ3n) is 4.08. The quantitative estimate of drug-likeness (QED) is 0.834. The molecule has 0 aromatic heterocycles. The van der Waals surface area contributed by atoms with Gasteiger partial charge in [-0.3, -0.25) is 4.79 Å². The molecule has 0 radical (unpaired) electrons. The highest BCUT2D eigenvalue weighted by Gasteiger charge is 2.43. The minimum absolute atomic E-state index is 0.168. The molecule has 2 aliphatic heterocycles. The molecule has 2 N–H and O–H groups in total. The predicted molar refractivity (Wildman–Crippen MR) is 67.2 cm³/mol. The van der Waals surface area contributed by atoms with Crippen molar-refractivity contribution in [3.05, 3.63) is 0 Å². The molecule has 0 saturated carbocycles. The molecule has 0 bridgehead atoms. The molecule has 0 aromatic rings. The Hall–Kier alpha value is -0.820. The van der Waals surface area contributed by atoms with E-state index >= 15 is 0 Å². The molecular weight excluding hydrogens is 273 g/mol. The predicted octanol–water partition coefficient (Wildman–Crippen LogP) is 1.75. The number of halogens is 3. The van der Waals surface area contributed by atoms with Gasteiger partial charge in [0.15, 0.2) is 0 Å². The molecule has 2 rings (SSSR count). The summed E-state index contributed by atoms with van der Waals surface area (Å²) in [6.45, 7) is 2.29. The highest BCUT2D eigenvalue weighted by atomic mass is 19.4. The van der Waals surface area contributed by atoms with Crippen molar-refractivity contribution < 1.29 is 22.7 Å². The Morgan fingerprint density at radius 3 is 2.70 bits per heavy atom. The van der Waals surface area contributed by atoms with Crippen molar-refractivity contribution in [1.82, 2.24) is 10.6 Å². The van der Waals surface area contributed by atoms with Crippen LogP contribution in [0.4, 0.5) is 13.2 Å². The van der Waals surface area contributed by atoms with Gasteiger partial charge < -0.3 is 15.4 Å². The second kappa shape index (κ2) is 6.30. The number of hydrogen-bond donors (Lipinski definition) is 2. The Labute approximate surface area is 116 Å². The maximum absolute atomic E-state index is 12.1. The average Bonchev–Trinajstić information content (AvgIpc) is 2.40. The molecule has 1 atom stereocenters. The number of nitrogens with one attached hydrogen (secondary N) is 2. The van der Waals surface area contributed by atoms with E-state index in [-0.39, 0.29) is 6.04 Å². The van der Waals surface area contributed by atoms with E-state index in [0.29, 0.717) is 6.61 Å². The molecule has 0 aliphatic carbocycles. The van der Waals surface area contributed by atoms with E-state index < -0.39 is 30.5 Å². The summed E-state index contributed by atoms with van der Waals surface area (Å²) in [5.74, 6) is -0.532. The van der Waals surface area contributed by atoms with E-state index in [1.54, 1.807) is 0 Å². The van der Waals surface area contributed by atoms with Gasteiger partial charge in [-0.25, -0.2) is 0 Å². The zero-order valence-electron chi connectivity index (χ0n) is 11.4. The molecule has 2 aliphatic rings. The molecule has 2 heterocycles. The van der Waals surface area contributed by atoms with Gasteiger partial charge in [-0.05, 0) is 38.8 Å². The Balaban J connectivity index is 1.90. The molecule has 1 amide bonds. The van der Waals surface area contributed by atoms with Crippen molar-refractivity contribution in [3.8, 4) is 0 Å². The van der Waals surface area contributed by atoms with E-state index in [4.69, 9.17) is 4.74 Å². The Morgan fingerprint density at radius 1 is 1.35 bits per heavy atom. The summed E-state index contributed by atoms with van der Waals surface area (Å²) >= 11 is 0. The molecule has 1 unspecified atom stereocenters. The fourth-order valence-electron chi connectivity index (χ4n) is 2.99. The van der Waals surface area contributed by atoms with Crippen LogP contribution in [0.5, 0.6) is 0 Å². The first-order valence-corrected chi connectivity index (χ1v) is 7.12. The summed E-state index contributed by atoms with van der Waals surface area (Å²) < 4.78 is 42.3. The van der Waals surface area contributed by atoms with E-state index in [2.05, 4.69) is 10.6 Å². The molecule has 2 fully saturated rings. The molecule has 20 heavy (non-hydrogen) atoms. The van der Waals surface area contributed by atoms with Crippen molar-refractivity contribution in [3.63, 3.8) is 0 Å². The van der Waals surface area contributed by atoms with Crippen molar-refractivity contribution in [2.75, 3.05) is 19.7 Å². The highest BCUT2D eigenvalue weighted by molar-refractivity contribution is 5.76. The van der Waals surface area contributed by atoms with Gasteiger partial charge in [0.2, 0.25) is 5.91 Å². The van der Waals surface area contributed by atoms with Gasteiger partial charge in [0.25, 0.3) is 0 Å². The largest absolute Gasteiger partial charge is 0.389 e. The van der Waals surface area contributed by atoms with Gasteiger partial charge >= 0.3 is 6.18 Å². The average molecular weight is 294 g/mol. The van der Waals surface area contributed by atoms with Crippen LogP contribution in [-0.2, 0) is 9.53 Å². The zero-order chi connectivity index (χ0) is 14.6. The van der Waals surface area contributed by atoms with Crippen LogP contribution >= 0.6 is 0 Å². The van der Waals surface area contributed by atoms with Crippen LogP contribution in [0.25, 0.3) is 0 Å². The van der Waals surface area contributed by atoms with Crippen molar-refractivity contribution in [2.45, 2.75) is 56.3 Å². The fraction of sp³-hybridized carbons (Fsp3) is 0.923. The summed E-state index contributed by atoms with van der Waals surface area (Å²) in [6.07, 6.45) is -2.67. The van der Waals surface area contributed by atoms with Crippen LogP contribution in [0.2, 0.25) is 0 Å². The van der Waals surface area contributed by atoms with Crippen LogP contribution in [0, 0.1) is 0 Å². The number of alkyl halides is 3. The molecule has 2 saturated heterocycles. The Bertz CT molecular complexity index is 333. The maximum Gasteiger partial charge on any atom is 0.389 e. The maximum atomic E-state index is 12.1. The van der Waals surface area contributed by atoms with E-state index in [9.17, 15) is 18.0 Å². The normalized spacial score (nSPS) is 26.4. The van der Waals surface area contributed by atoms with Crippen LogP contribution < -0.4 is 10.6 Å². The first-order chi connectivity index (χ1) is 9.41. The van der Waals surface area contributed by atoms with Crippen LogP contribution in [-0.4, -0.2) is 43.4 Å². The lowest BCUT2D eigenvalue weighted by Gasteiger charge is -2.46. The molecular formula is C13H21F3N2O2. The minimum Gasteiger partial charge on any atom is -0.373 e. The molecule has 4 nitrogen and oxygen atoms in total. The lowest BCUT2D eigenvalue weighted by molar-refractivity contribution is -0.149. The molecule has 7 heteroatoms. The van der Waals surface area contributed by atoms with E-state index in [1.807, 2.05) is 0 Å².